The molecule has 0 heterocycles. The van der Waals surface area contributed by atoms with Crippen LogP contribution in [0.3, 0.4) is 0 Å². The summed E-state index contributed by atoms with van der Waals surface area (Å²) < 4.78 is 5.40. The van der Waals surface area contributed by atoms with E-state index in [9.17, 15) is 4.79 Å². The van der Waals surface area contributed by atoms with Gasteiger partial charge in [0.2, 0.25) is 0 Å². The summed E-state index contributed by atoms with van der Waals surface area (Å²) in [6.45, 7) is 5.56. The molecule has 0 aliphatic heterocycles. The SMILES string of the molecule is COc1cc(C)c(C)cc1CCN(C)CCC(=O)O. The van der Waals surface area contributed by atoms with Crippen molar-refractivity contribution in [1.29, 1.82) is 0 Å². The summed E-state index contributed by atoms with van der Waals surface area (Å²) in [5.41, 5.74) is 3.65. The fourth-order valence-electron chi connectivity index (χ4n) is 1.94. The zero-order valence-electron chi connectivity index (χ0n) is 12.2. The number of benzene rings is 1. The van der Waals surface area contributed by atoms with E-state index < -0.39 is 5.97 Å². The Hall–Kier alpha value is -1.55. The highest BCUT2D eigenvalue weighted by molar-refractivity contribution is 5.66. The molecule has 0 saturated carbocycles. The van der Waals surface area contributed by atoms with Crippen molar-refractivity contribution < 1.29 is 14.6 Å². The number of carboxylic acids is 1. The van der Waals surface area contributed by atoms with E-state index in [4.69, 9.17) is 9.84 Å². The van der Waals surface area contributed by atoms with Crippen LogP contribution in [0.1, 0.15) is 23.1 Å². The Labute approximate surface area is 115 Å². The Bertz CT molecular complexity index is 443. The van der Waals surface area contributed by atoms with Crippen LogP contribution in [0, 0.1) is 13.8 Å². The number of nitrogens with zero attached hydrogens (tertiary/aromatic N) is 1. The number of aliphatic carboxylic acids is 1. The molecule has 1 aromatic rings. The highest BCUT2D eigenvalue weighted by atomic mass is 16.5. The normalized spacial score (nSPS) is 10.8. The first-order valence-electron chi connectivity index (χ1n) is 6.48. The Morgan fingerprint density at radius 2 is 1.89 bits per heavy atom. The molecule has 0 bridgehead atoms. The number of rotatable bonds is 7. The van der Waals surface area contributed by atoms with Crippen LogP contribution in [0.2, 0.25) is 0 Å². The third-order valence-corrected chi connectivity index (χ3v) is 3.37. The van der Waals surface area contributed by atoms with Crippen LogP contribution >= 0.6 is 0 Å². The van der Waals surface area contributed by atoms with Gasteiger partial charge in [-0.3, -0.25) is 4.79 Å². The van der Waals surface area contributed by atoms with Gasteiger partial charge in [0, 0.05) is 13.1 Å². The van der Waals surface area contributed by atoms with Crippen LogP contribution in [0.25, 0.3) is 0 Å². The first-order chi connectivity index (χ1) is 8.93. The molecule has 0 radical (unpaired) electrons. The van der Waals surface area contributed by atoms with Crippen molar-refractivity contribution >= 4 is 5.97 Å². The topological polar surface area (TPSA) is 49.8 Å². The van der Waals surface area contributed by atoms with Gasteiger partial charge in [0.25, 0.3) is 0 Å². The van der Waals surface area contributed by atoms with Crippen molar-refractivity contribution in [3.05, 3.63) is 28.8 Å². The molecule has 0 spiro atoms. The number of hydrogen-bond donors (Lipinski definition) is 1. The number of hydrogen-bond acceptors (Lipinski definition) is 3. The molecular formula is C15H23NO3. The van der Waals surface area contributed by atoms with Crippen LogP contribution in [0.5, 0.6) is 5.75 Å². The zero-order chi connectivity index (χ0) is 14.4. The fraction of sp³-hybridized carbons (Fsp3) is 0.533. The number of carboxylic acid groups (broad SMARTS) is 1. The van der Waals surface area contributed by atoms with Crippen LogP contribution in [0.4, 0.5) is 0 Å². The van der Waals surface area contributed by atoms with Crippen LogP contribution in [-0.2, 0) is 11.2 Å². The number of carbonyl (C=O) groups is 1. The molecule has 0 aliphatic rings. The first-order valence-corrected chi connectivity index (χ1v) is 6.48. The molecular weight excluding hydrogens is 242 g/mol. The second-order valence-corrected chi connectivity index (χ2v) is 4.95. The lowest BCUT2D eigenvalue weighted by molar-refractivity contribution is -0.137. The Kier molecular flexibility index (Phi) is 5.83. The first kappa shape index (κ1) is 15.5. The van der Waals surface area contributed by atoms with Gasteiger partial charge in [-0.05, 0) is 50.1 Å². The molecule has 1 N–H and O–H groups in total. The molecule has 0 unspecified atom stereocenters. The van der Waals surface area contributed by atoms with Crippen molar-refractivity contribution in [2.24, 2.45) is 0 Å². The highest BCUT2D eigenvalue weighted by Crippen LogP contribution is 2.23. The van der Waals surface area contributed by atoms with Crippen LogP contribution < -0.4 is 4.74 Å². The summed E-state index contributed by atoms with van der Waals surface area (Å²) in [6, 6.07) is 4.21. The summed E-state index contributed by atoms with van der Waals surface area (Å²) >= 11 is 0. The molecule has 0 amide bonds. The third-order valence-electron chi connectivity index (χ3n) is 3.37. The highest BCUT2D eigenvalue weighted by Gasteiger charge is 2.08. The number of methoxy groups -OCH3 is 1. The van der Waals surface area contributed by atoms with Gasteiger partial charge in [-0.1, -0.05) is 6.07 Å². The zero-order valence-corrected chi connectivity index (χ0v) is 12.2. The van der Waals surface area contributed by atoms with E-state index in [2.05, 4.69) is 26.0 Å². The summed E-state index contributed by atoms with van der Waals surface area (Å²) in [6.07, 6.45) is 1.04. The lowest BCUT2D eigenvalue weighted by atomic mass is 10.0. The molecule has 0 fully saturated rings. The van der Waals surface area contributed by atoms with Gasteiger partial charge in [-0.25, -0.2) is 0 Å². The van der Waals surface area contributed by atoms with Gasteiger partial charge in [0.05, 0.1) is 13.5 Å². The van der Waals surface area contributed by atoms with Crippen molar-refractivity contribution in [2.45, 2.75) is 26.7 Å². The summed E-state index contributed by atoms with van der Waals surface area (Å²) in [5, 5.41) is 8.65. The van der Waals surface area contributed by atoms with Crippen molar-refractivity contribution in [3.63, 3.8) is 0 Å². The largest absolute Gasteiger partial charge is 0.496 e. The molecule has 0 atom stereocenters. The van der Waals surface area contributed by atoms with Crippen molar-refractivity contribution in [3.8, 4) is 5.75 Å². The average molecular weight is 265 g/mol. The van der Waals surface area contributed by atoms with E-state index in [0.717, 1.165) is 18.7 Å². The minimum atomic E-state index is -0.754. The van der Waals surface area contributed by atoms with E-state index in [0.29, 0.717) is 6.54 Å². The maximum absolute atomic E-state index is 10.5. The average Bonchev–Trinajstić information content (AvgIpc) is 2.37. The maximum Gasteiger partial charge on any atom is 0.304 e. The van der Waals surface area contributed by atoms with Gasteiger partial charge in [0.1, 0.15) is 5.75 Å². The van der Waals surface area contributed by atoms with Gasteiger partial charge in [-0.2, -0.15) is 0 Å². The molecule has 1 aromatic carbocycles. The smallest absolute Gasteiger partial charge is 0.304 e. The van der Waals surface area contributed by atoms with Gasteiger partial charge in [-0.15, -0.1) is 0 Å². The van der Waals surface area contributed by atoms with E-state index in [1.807, 2.05) is 11.9 Å². The van der Waals surface area contributed by atoms with Gasteiger partial charge in [0.15, 0.2) is 0 Å². The quantitative estimate of drug-likeness (QED) is 0.821. The van der Waals surface area contributed by atoms with E-state index in [-0.39, 0.29) is 6.42 Å². The van der Waals surface area contributed by atoms with Crippen molar-refractivity contribution in [2.75, 3.05) is 27.2 Å². The Balaban J connectivity index is 2.61. The lowest BCUT2D eigenvalue weighted by Gasteiger charge is -2.17. The number of aryl methyl sites for hydroxylation is 2. The second-order valence-electron chi connectivity index (χ2n) is 4.95. The molecule has 0 saturated heterocycles. The number of likely N-dealkylation sites (N-methyl/N-ethyl adjacent to an activating group) is 1. The molecule has 4 nitrogen and oxygen atoms in total. The minimum absolute atomic E-state index is 0.181. The van der Waals surface area contributed by atoms with Crippen LogP contribution in [0.15, 0.2) is 12.1 Å². The summed E-state index contributed by atoms with van der Waals surface area (Å²) in [7, 11) is 3.62. The predicted octanol–water partition coefficient (Wildman–Crippen LogP) is 2.26. The molecule has 4 heteroatoms. The minimum Gasteiger partial charge on any atom is -0.496 e. The van der Waals surface area contributed by atoms with E-state index in [1.165, 1.54) is 16.7 Å². The predicted molar refractivity (Wildman–Crippen MR) is 75.9 cm³/mol. The van der Waals surface area contributed by atoms with Gasteiger partial charge >= 0.3 is 5.97 Å². The molecule has 0 aliphatic carbocycles. The van der Waals surface area contributed by atoms with Gasteiger partial charge < -0.3 is 14.7 Å². The Morgan fingerprint density at radius 3 is 2.47 bits per heavy atom. The number of ether oxygens (including phenoxy) is 1. The maximum atomic E-state index is 10.5. The van der Waals surface area contributed by atoms with Crippen molar-refractivity contribution in [1.82, 2.24) is 4.90 Å². The molecule has 0 aromatic heterocycles. The third kappa shape index (κ3) is 4.91. The molecule has 106 valence electrons. The lowest BCUT2D eigenvalue weighted by Crippen LogP contribution is -2.24. The van der Waals surface area contributed by atoms with E-state index in [1.54, 1.807) is 7.11 Å². The molecule has 19 heavy (non-hydrogen) atoms. The second kappa shape index (κ2) is 7.14. The summed E-state index contributed by atoms with van der Waals surface area (Å²) in [4.78, 5) is 12.5. The molecule has 1 rings (SSSR count). The fourth-order valence-corrected chi connectivity index (χ4v) is 1.94. The Morgan fingerprint density at radius 1 is 1.26 bits per heavy atom. The van der Waals surface area contributed by atoms with Crippen LogP contribution in [-0.4, -0.2) is 43.2 Å². The standard InChI is InChI=1S/C15H23NO3/c1-11-9-13(14(19-4)10-12(11)2)5-7-16(3)8-6-15(17)18/h9-10H,5-8H2,1-4H3,(H,17,18). The monoisotopic (exact) mass is 265 g/mol. The van der Waals surface area contributed by atoms with E-state index >= 15 is 0 Å². The summed E-state index contributed by atoms with van der Waals surface area (Å²) in [5.74, 6) is 0.158.